The molecule has 46 heavy (non-hydrogen) atoms. The first-order chi connectivity index (χ1) is 22.5. The van der Waals surface area contributed by atoms with Crippen molar-refractivity contribution in [2.24, 2.45) is 0 Å². The molecule has 232 valence electrons. The summed E-state index contributed by atoms with van der Waals surface area (Å²) in [6, 6.07) is 26.5. The number of benzene rings is 2. The Morgan fingerprint density at radius 3 is 2.46 bits per heavy atom. The molecule has 5 heterocycles. The van der Waals surface area contributed by atoms with Crippen molar-refractivity contribution in [2.45, 2.75) is 32.0 Å². The van der Waals surface area contributed by atoms with E-state index in [1.807, 2.05) is 77.7 Å². The first kappa shape index (κ1) is 29.6. The number of para-hydroxylation sites is 1. The molecule has 1 atom stereocenters. The van der Waals surface area contributed by atoms with Crippen molar-refractivity contribution < 1.29 is 14.7 Å². The van der Waals surface area contributed by atoms with Crippen LogP contribution < -0.4 is 20.4 Å². The summed E-state index contributed by atoms with van der Waals surface area (Å²) in [5, 5.41) is 17.6. The molecule has 5 aromatic rings. The molecule has 1 unspecified atom stereocenters. The summed E-state index contributed by atoms with van der Waals surface area (Å²) in [6.45, 7) is 2.74. The van der Waals surface area contributed by atoms with Gasteiger partial charge in [0.15, 0.2) is 6.23 Å². The molecule has 2 aliphatic heterocycles. The second-order valence-electron chi connectivity index (χ2n) is 11.4. The number of nitrogens with zero attached hydrogens (tertiary/aromatic N) is 4. The number of amides is 2. The third-order valence-electron chi connectivity index (χ3n) is 8.47. The Balaban J connectivity index is 1.06. The third kappa shape index (κ3) is 6.09. The number of anilines is 3. The van der Waals surface area contributed by atoms with E-state index in [0.717, 1.165) is 59.1 Å². The Morgan fingerprint density at radius 1 is 0.870 bits per heavy atom. The van der Waals surface area contributed by atoms with Gasteiger partial charge >= 0.3 is 0 Å². The quantitative estimate of drug-likeness (QED) is 0.192. The molecule has 1 fully saturated rings. The van der Waals surface area contributed by atoms with Crippen LogP contribution >= 0.6 is 11.3 Å². The highest BCUT2D eigenvalue weighted by atomic mass is 32.1. The van der Waals surface area contributed by atoms with Crippen molar-refractivity contribution in [3.8, 4) is 10.4 Å². The number of aliphatic hydroxyl groups is 1. The Labute approximate surface area is 271 Å². The molecule has 9 nitrogen and oxygen atoms in total. The minimum absolute atomic E-state index is 0.124. The number of carbonyl (C=O) groups is 2. The van der Waals surface area contributed by atoms with Gasteiger partial charge in [0.1, 0.15) is 5.82 Å². The summed E-state index contributed by atoms with van der Waals surface area (Å²) >= 11 is 1.47. The maximum atomic E-state index is 13.2. The highest BCUT2D eigenvalue weighted by Crippen LogP contribution is 2.43. The van der Waals surface area contributed by atoms with E-state index in [-0.39, 0.29) is 11.8 Å². The summed E-state index contributed by atoms with van der Waals surface area (Å²) < 4.78 is 0. The van der Waals surface area contributed by atoms with Crippen LogP contribution in [0.15, 0.2) is 97.3 Å². The lowest BCUT2D eigenvalue weighted by atomic mass is 10.1. The van der Waals surface area contributed by atoms with E-state index in [0.29, 0.717) is 41.2 Å². The van der Waals surface area contributed by atoms with E-state index in [2.05, 4.69) is 25.5 Å². The Morgan fingerprint density at radius 2 is 1.65 bits per heavy atom. The van der Waals surface area contributed by atoms with Crippen LogP contribution in [0.25, 0.3) is 10.4 Å². The number of hydrogen-bond donors (Lipinski definition) is 3. The van der Waals surface area contributed by atoms with Crippen molar-refractivity contribution in [1.82, 2.24) is 15.3 Å². The van der Waals surface area contributed by atoms with Gasteiger partial charge in [-0.15, -0.1) is 11.3 Å². The Kier molecular flexibility index (Phi) is 8.45. The van der Waals surface area contributed by atoms with Crippen LogP contribution in [-0.2, 0) is 13.0 Å². The fraction of sp³-hybridized carbons (Fsp3) is 0.222. The third-order valence-corrected chi connectivity index (χ3v) is 9.68. The number of pyridine rings is 2. The predicted octanol–water partition coefficient (Wildman–Crippen LogP) is 6.04. The lowest BCUT2D eigenvalue weighted by molar-refractivity contribution is 0.0953. The normalized spacial score (nSPS) is 14.6. The van der Waals surface area contributed by atoms with Crippen molar-refractivity contribution in [1.29, 1.82) is 0 Å². The number of aromatic nitrogens is 2. The maximum absolute atomic E-state index is 13.2. The van der Waals surface area contributed by atoms with Gasteiger partial charge in [-0.2, -0.15) is 0 Å². The van der Waals surface area contributed by atoms with Crippen LogP contribution in [0, 0.1) is 0 Å². The second-order valence-corrected chi connectivity index (χ2v) is 12.5. The van der Waals surface area contributed by atoms with Crippen LogP contribution in [0.5, 0.6) is 0 Å². The Hall–Kier alpha value is -5.06. The van der Waals surface area contributed by atoms with Crippen molar-refractivity contribution in [2.75, 3.05) is 34.8 Å². The van der Waals surface area contributed by atoms with Crippen LogP contribution in [0.1, 0.15) is 55.9 Å². The number of hydrogen-bond acceptors (Lipinski definition) is 8. The van der Waals surface area contributed by atoms with Gasteiger partial charge in [0, 0.05) is 59.4 Å². The van der Waals surface area contributed by atoms with Gasteiger partial charge in [0.25, 0.3) is 11.8 Å². The summed E-state index contributed by atoms with van der Waals surface area (Å²) in [4.78, 5) is 40.9. The minimum atomic E-state index is -0.902. The van der Waals surface area contributed by atoms with E-state index in [1.54, 1.807) is 24.5 Å². The van der Waals surface area contributed by atoms with Crippen molar-refractivity contribution >= 4 is 40.3 Å². The van der Waals surface area contributed by atoms with E-state index in [1.165, 1.54) is 11.3 Å². The molecule has 0 spiro atoms. The molecule has 1 saturated heterocycles. The summed E-state index contributed by atoms with van der Waals surface area (Å²) in [6.07, 6.45) is 5.41. The minimum Gasteiger partial charge on any atom is -0.369 e. The highest BCUT2D eigenvalue weighted by molar-refractivity contribution is 7.17. The van der Waals surface area contributed by atoms with Gasteiger partial charge in [-0.3, -0.25) is 14.6 Å². The summed E-state index contributed by atoms with van der Waals surface area (Å²) in [7, 11) is 0. The summed E-state index contributed by atoms with van der Waals surface area (Å²) in [5.74, 6) is 0.386. The monoisotopic (exact) mass is 630 g/mol. The molecule has 0 bridgehead atoms. The molecule has 0 radical (unpaired) electrons. The number of thiophene rings is 1. The van der Waals surface area contributed by atoms with E-state index < -0.39 is 6.23 Å². The number of nitrogens with one attached hydrogen (secondary N) is 2. The maximum Gasteiger partial charge on any atom is 0.261 e. The molecule has 0 saturated carbocycles. The molecule has 7 rings (SSSR count). The van der Waals surface area contributed by atoms with Crippen molar-refractivity contribution in [3.05, 3.63) is 125 Å². The lowest BCUT2D eigenvalue weighted by Gasteiger charge is -2.30. The fourth-order valence-corrected chi connectivity index (χ4v) is 7.28. The zero-order valence-electron chi connectivity index (χ0n) is 25.2. The molecular weight excluding hydrogens is 597 g/mol. The molecule has 2 aliphatic rings. The van der Waals surface area contributed by atoms with Gasteiger partial charge in [-0.1, -0.05) is 36.4 Å². The van der Waals surface area contributed by atoms with Gasteiger partial charge in [0.05, 0.1) is 22.7 Å². The van der Waals surface area contributed by atoms with E-state index >= 15 is 0 Å². The van der Waals surface area contributed by atoms with Gasteiger partial charge in [0.2, 0.25) is 0 Å². The predicted molar refractivity (Wildman–Crippen MR) is 181 cm³/mol. The van der Waals surface area contributed by atoms with Gasteiger partial charge in [-0.25, -0.2) is 4.98 Å². The Bertz CT molecular complexity index is 1850. The number of carbonyl (C=O) groups excluding carboxylic acids is 2. The van der Waals surface area contributed by atoms with Crippen LogP contribution in [0.2, 0.25) is 0 Å². The largest absolute Gasteiger partial charge is 0.369 e. The van der Waals surface area contributed by atoms with Gasteiger partial charge in [-0.05, 0) is 73.4 Å². The summed E-state index contributed by atoms with van der Waals surface area (Å²) in [5.41, 5.74) is 5.68. The molecule has 0 aliphatic carbocycles. The lowest BCUT2D eigenvalue weighted by Crippen LogP contribution is -2.30. The molecule has 2 aromatic carbocycles. The van der Waals surface area contributed by atoms with Crippen LogP contribution in [-0.4, -0.2) is 46.5 Å². The molecule has 3 aromatic heterocycles. The number of fused-ring (bicyclic) bond motifs is 3. The molecule has 10 heteroatoms. The SMILES string of the molecule is O=C(NCc1ccccn1)c1cc2c(s1)-c1ccccc1N(C(O)c1ccc(NC(=O)c3cccnc3N3CCCC3)cc1)CC2. The van der Waals surface area contributed by atoms with Crippen LogP contribution in [0.3, 0.4) is 0 Å². The first-order valence-corrected chi connectivity index (χ1v) is 16.3. The highest BCUT2D eigenvalue weighted by Gasteiger charge is 2.28. The van der Waals surface area contributed by atoms with Gasteiger partial charge < -0.3 is 25.5 Å². The molecule has 2 amide bonds. The van der Waals surface area contributed by atoms with Crippen LogP contribution in [0.4, 0.5) is 17.2 Å². The number of rotatable bonds is 8. The first-order valence-electron chi connectivity index (χ1n) is 15.5. The van der Waals surface area contributed by atoms with E-state index in [9.17, 15) is 14.7 Å². The standard InChI is InChI=1S/C36H34N6O3S/c43-34(29-10-7-18-38-33(29)41-19-5-6-20-41)40-26-14-12-24(13-15-26)36(45)42-21-16-25-22-31(35(44)39-23-27-8-3-4-17-37-27)46-32(25)28-9-1-2-11-30(28)42/h1-4,7-15,17-18,22,36,45H,5-6,16,19-21,23H2,(H,39,44)(H,40,43). The smallest absolute Gasteiger partial charge is 0.261 e. The topological polar surface area (TPSA) is 111 Å². The zero-order chi connectivity index (χ0) is 31.5. The fourth-order valence-electron chi connectivity index (χ4n) is 6.12. The number of aliphatic hydroxyl groups excluding tert-OH is 1. The van der Waals surface area contributed by atoms with Crippen molar-refractivity contribution in [3.63, 3.8) is 0 Å². The average Bonchev–Trinajstić information content (AvgIpc) is 3.77. The zero-order valence-corrected chi connectivity index (χ0v) is 26.0. The molecular formula is C36H34N6O3S. The van der Waals surface area contributed by atoms with E-state index in [4.69, 9.17) is 0 Å². The molecule has 3 N–H and O–H groups in total. The second kappa shape index (κ2) is 13.1. The average molecular weight is 631 g/mol.